The fourth-order valence-corrected chi connectivity index (χ4v) is 3.33. The summed E-state index contributed by atoms with van der Waals surface area (Å²) in [5.74, 6) is 2.22. The number of unbranched alkanes of at least 4 members (excludes halogenated alkanes) is 1. The van der Waals surface area contributed by atoms with Crippen LogP contribution in [0.2, 0.25) is 0 Å². The minimum absolute atomic E-state index is 0.436. The van der Waals surface area contributed by atoms with Crippen molar-refractivity contribution in [2.75, 3.05) is 20.3 Å². The van der Waals surface area contributed by atoms with Crippen LogP contribution in [0.15, 0.2) is 0 Å². The van der Waals surface area contributed by atoms with Gasteiger partial charge in [-0.2, -0.15) is 0 Å². The highest BCUT2D eigenvalue weighted by Gasteiger charge is 2.22. The molecule has 0 unspecified atom stereocenters. The molecule has 114 valence electrons. The third-order valence-electron chi connectivity index (χ3n) is 4.58. The number of methoxy groups -OCH3 is 1. The normalized spacial score (nSPS) is 24.9. The smallest absolute Gasteiger partial charge is 0.0599 e. The molecule has 0 saturated carbocycles. The maximum absolute atomic E-state index is 5.74. The average molecular weight is 270 g/mol. The molecule has 2 nitrogen and oxygen atoms in total. The summed E-state index contributed by atoms with van der Waals surface area (Å²) in [7, 11) is 1.88. The first-order chi connectivity index (χ1) is 9.17. The van der Waals surface area contributed by atoms with E-state index >= 15 is 0 Å². The van der Waals surface area contributed by atoms with Crippen LogP contribution in [0.4, 0.5) is 0 Å². The molecule has 0 aromatic rings. The Balaban J connectivity index is 2.28. The Hall–Kier alpha value is -0.0800. The number of hydrogen-bond donors (Lipinski definition) is 0. The van der Waals surface area contributed by atoms with Crippen molar-refractivity contribution in [3.8, 4) is 0 Å². The van der Waals surface area contributed by atoms with Crippen molar-refractivity contribution < 1.29 is 9.47 Å². The minimum atomic E-state index is 0.436. The van der Waals surface area contributed by atoms with Crippen LogP contribution in [0.5, 0.6) is 0 Å². The molecule has 0 spiro atoms. The van der Waals surface area contributed by atoms with Gasteiger partial charge in [-0.3, -0.25) is 0 Å². The van der Waals surface area contributed by atoms with Crippen molar-refractivity contribution in [3.63, 3.8) is 0 Å². The van der Waals surface area contributed by atoms with Gasteiger partial charge in [0, 0.05) is 20.3 Å². The van der Waals surface area contributed by atoms with E-state index < -0.39 is 0 Å². The Labute approximate surface area is 120 Å². The molecule has 0 N–H and O–H groups in total. The summed E-state index contributed by atoms with van der Waals surface area (Å²) >= 11 is 0. The molecule has 1 aliphatic rings. The molecule has 2 heteroatoms. The molecule has 0 aliphatic carbocycles. The summed E-state index contributed by atoms with van der Waals surface area (Å²) in [6.07, 6.45) is 9.46. The van der Waals surface area contributed by atoms with E-state index in [0.717, 1.165) is 25.0 Å². The van der Waals surface area contributed by atoms with E-state index in [9.17, 15) is 0 Å². The zero-order valence-electron chi connectivity index (χ0n) is 13.5. The molecule has 0 radical (unpaired) electrons. The Morgan fingerprint density at radius 1 is 1.32 bits per heavy atom. The Morgan fingerprint density at radius 2 is 2.11 bits per heavy atom. The van der Waals surface area contributed by atoms with E-state index in [1.54, 1.807) is 0 Å². The van der Waals surface area contributed by atoms with E-state index in [2.05, 4.69) is 20.8 Å². The van der Waals surface area contributed by atoms with Gasteiger partial charge in [0.05, 0.1) is 6.10 Å². The van der Waals surface area contributed by atoms with Gasteiger partial charge in [-0.15, -0.1) is 0 Å². The number of rotatable bonds is 9. The summed E-state index contributed by atoms with van der Waals surface area (Å²) < 4.78 is 11.3. The lowest BCUT2D eigenvalue weighted by atomic mass is 9.85. The zero-order chi connectivity index (χ0) is 14.1. The zero-order valence-corrected chi connectivity index (χ0v) is 13.5. The van der Waals surface area contributed by atoms with Gasteiger partial charge in [0.2, 0.25) is 0 Å². The first-order valence-electron chi connectivity index (χ1n) is 8.27. The molecule has 1 aliphatic heterocycles. The van der Waals surface area contributed by atoms with Crippen LogP contribution < -0.4 is 0 Å². The van der Waals surface area contributed by atoms with Crippen LogP contribution >= 0.6 is 0 Å². The third-order valence-corrected chi connectivity index (χ3v) is 4.58. The van der Waals surface area contributed by atoms with Gasteiger partial charge in [0.1, 0.15) is 0 Å². The first-order valence-corrected chi connectivity index (χ1v) is 8.27. The molecular weight excluding hydrogens is 236 g/mol. The average Bonchev–Trinajstić information content (AvgIpc) is 2.43. The van der Waals surface area contributed by atoms with Gasteiger partial charge >= 0.3 is 0 Å². The van der Waals surface area contributed by atoms with Gasteiger partial charge in [0.25, 0.3) is 0 Å². The van der Waals surface area contributed by atoms with Crippen molar-refractivity contribution in [1.29, 1.82) is 0 Å². The van der Waals surface area contributed by atoms with Gasteiger partial charge < -0.3 is 9.47 Å². The van der Waals surface area contributed by atoms with E-state index in [-0.39, 0.29) is 0 Å². The lowest BCUT2D eigenvalue weighted by Crippen LogP contribution is -2.25. The van der Waals surface area contributed by atoms with Gasteiger partial charge in [-0.25, -0.2) is 0 Å². The summed E-state index contributed by atoms with van der Waals surface area (Å²) in [6, 6.07) is 0. The monoisotopic (exact) mass is 270 g/mol. The Kier molecular flexibility index (Phi) is 8.72. The molecule has 4 atom stereocenters. The van der Waals surface area contributed by atoms with E-state index in [1.807, 2.05) is 7.11 Å². The molecule has 1 heterocycles. The van der Waals surface area contributed by atoms with Gasteiger partial charge in [0.15, 0.2) is 0 Å². The highest BCUT2D eigenvalue weighted by molar-refractivity contribution is 4.73. The highest BCUT2D eigenvalue weighted by Crippen LogP contribution is 2.27. The molecule has 1 rings (SSSR count). The first kappa shape index (κ1) is 17.0. The number of hydrogen-bond acceptors (Lipinski definition) is 2. The fraction of sp³-hybridized carbons (Fsp3) is 1.00. The predicted molar refractivity (Wildman–Crippen MR) is 81.4 cm³/mol. The molecule has 1 fully saturated rings. The number of ether oxygens (including phenoxy) is 2. The molecular formula is C17H34O2. The van der Waals surface area contributed by atoms with Crippen LogP contribution in [-0.4, -0.2) is 26.4 Å². The van der Waals surface area contributed by atoms with Crippen LogP contribution in [0.3, 0.4) is 0 Å². The lowest BCUT2D eigenvalue weighted by Gasteiger charge is -2.29. The maximum Gasteiger partial charge on any atom is 0.0599 e. The Morgan fingerprint density at radius 3 is 2.68 bits per heavy atom. The summed E-state index contributed by atoms with van der Waals surface area (Å²) in [5.41, 5.74) is 0. The van der Waals surface area contributed by atoms with Crippen molar-refractivity contribution in [3.05, 3.63) is 0 Å². The van der Waals surface area contributed by atoms with Crippen LogP contribution in [-0.2, 0) is 9.47 Å². The lowest BCUT2D eigenvalue weighted by molar-refractivity contribution is 0.0201. The summed E-state index contributed by atoms with van der Waals surface area (Å²) in [4.78, 5) is 0. The van der Waals surface area contributed by atoms with Gasteiger partial charge in [-0.05, 0) is 49.9 Å². The van der Waals surface area contributed by atoms with E-state index in [1.165, 1.54) is 44.9 Å². The largest absolute Gasteiger partial charge is 0.381 e. The van der Waals surface area contributed by atoms with Crippen molar-refractivity contribution in [1.82, 2.24) is 0 Å². The SMILES string of the molecule is CCCC[C@H](C)[C@H](C[C@@H](C)C[C@@H]1CCCOC1)OC. The standard InChI is InChI=1S/C17H34O2/c1-5-6-8-15(3)17(18-4)12-14(2)11-16-9-7-10-19-13-16/h14-17H,5-13H2,1-4H3/t14-,15-,16-,17-/m0/s1. The minimum Gasteiger partial charge on any atom is -0.381 e. The molecule has 0 aromatic carbocycles. The predicted octanol–water partition coefficient (Wildman–Crippen LogP) is 4.67. The third kappa shape index (κ3) is 6.76. The second-order valence-electron chi connectivity index (χ2n) is 6.55. The maximum atomic E-state index is 5.74. The van der Waals surface area contributed by atoms with Crippen molar-refractivity contribution in [2.24, 2.45) is 17.8 Å². The molecule has 19 heavy (non-hydrogen) atoms. The quantitative estimate of drug-likeness (QED) is 0.606. The van der Waals surface area contributed by atoms with Crippen molar-refractivity contribution in [2.45, 2.75) is 71.8 Å². The summed E-state index contributed by atoms with van der Waals surface area (Å²) in [6.45, 7) is 8.95. The summed E-state index contributed by atoms with van der Waals surface area (Å²) in [5, 5.41) is 0. The second kappa shape index (κ2) is 9.77. The fourth-order valence-electron chi connectivity index (χ4n) is 3.33. The van der Waals surface area contributed by atoms with Crippen LogP contribution in [0.25, 0.3) is 0 Å². The molecule has 0 aromatic heterocycles. The molecule has 0 bridgehead atoms. The Bertz CT molecular complexity index is 211. The van der Waals surface area contributed by atoms with Crippen LogP contribution in [0.1, 0.15) is 65.7 Å². The van der Waals surface area contributed by atoms with E-state index in [4.69, 9.17) is 9.47 Å². The molecule has 1 saturated heterocycles. The van der Waals surface area contributed by atoms with Gasteiger partial charge in [-0.1, -0.05) is 33.6 Å². The van der Waals surface area contributed by atoms with E-state index in [0.29, 0.717) is 12.0 Å². The highest BCUT2D eigenvalue weighted by atomic mass is 16.5. The van der Waals surface area contributed by atoms with Crippen LogP contribution in [0, 0.1) is 17.8 Å². The molecule has 0 amide bonds. The topological polar surface area (TPSA) is 18.5 Å². The van der Waals surface area contributed by atoms with Crippen molar-refractivity contribution >= 4 is 0 Å². The second-order valence-corrected chi connectivity index (χ2v) is 6.55.